The zero-order valence-electron chi connectivity index (χ0n) is 17.2. The molecule has 160 valence electrons. The predicted molar refractivity (Wildman–Crippen MR) is 128 cm³/mol. The van der Waals surface area contributed by atoms with Crippen LogP contribution in [0.5, 0.6) is 5.75 Å². The molecule has 31 heavy (non-hydrogen) atoms. The second-order valence-electron chi connectivity index (χ2n) is 7.06. The maximum absolute atomic E-state index is 13.3. The topological polar surface area (TPSA) is 60.2 Å². The molecular weight excluding hydrogens is 476 g/mol. The number of aromatic nitrogens is 3. The number of hydrogen-bond acceptors (Lipinski definition) is 5. The molecular formula is C23H23BrN4O2S. The summed E-state index contributed by atoms with van der Waals surface area (Å²) in [6.07, 6.45) is 6.62. The molecule has 0 unspecified atom stereocenters. The number of fused-ring (bicyclic) bond motifs is 1. The third-order valence-electron chi connectivity index (χ3n) is 4.82. The molecule has 1 amide bonds. The number of amides is 1. The van der Waals surface area contributed by atoms with Crippen LogP contribution in [0, 0.1) is 0 Å². The first-order valence-electron chi connectivity index (χ1n) is 10.2. The number of ether oxygens (including phenoxy) is 1. The Hall–Kier alpha value is -2.71. The van der Waals surface area contributed by atoms with Gasteiger partial charge in [-0.2, -0.15) is 0 Å². The molecule has 0 bridgehead atoms. The van der Waals surface area contributed by atoms with Gasteiger partial charge in [-0.05, 0) is 49.2 Å². The highest BCUT2D eigenvalue weighted by atomic mass is 79.9. The molecule has 8 heteroatoms. The Morgan fingerprint density at radius 2 is 2.06 bits per heavy atom. The highest BCUT2D eigenvalue weighted by Gasteiger charge is 2.20. The maximum Gasteiger partial charge on any atom is 0.233 e. The summed E-state index contributed by atoms with van der Waals surface area (Å²) in [5.41, 5.74) is 1.86. The van der Waals surface area contributed by atoms with Crippen LogP contribution in [0.25, 0.3) is 10.2 Å². The first-order valence-corrected chi connectivity index (χ1v) is 11.8. The number of thiazole rings is 1. The third kappa shape index (κ3) is 5.51. The van der Waals surface area contributed by atoms with Crippen molar-refractivity contribution in [2.24, 2.45) is 0 Å². The number of carbonyl (C=O) groups excluding carboxylic acids is 1. The Morgan fingerprint density at radius 3 is 2.81 bits per heavy atom. The Labute approximate surface area is 193 Å². The average molecular weight is 499 g/mol. The van der Waals surface area contributed by atoms with Crippen LogP contribution in [0.2, 0.25) is 0 Å². The highest BCUT2D eigenvalue weighted by molar-refractivity contribution is 9.10. The summed E-state index contributed by atoms with van der Waals surface area (Å²) in [7, 11) is 0. The number of benzene rings is 2. The largest absolute Gasteiger partial charge is 0.494 e. The Kier molecular flexibility index (Phi) is 6.99. The van der Waals surface area contributed by atoms with Crippen molar-refractivity contribution in [3.05, 3.63) is 71.2 Å². The second-order valence-corrected chi connectivity index (χ2v) is 8.99. The molecule has 2 aromatic heterocycles. The molecule has 0 aliphatic heterocycles. The van der Waals surface area contributed by atoms with Gasteiger partial charge >= 0.3 is 0 Å². The summed E-state index contributed by atoms with van der Waals surface area (Å²) >= 11 is 5.05. The van der Waals surface area contributed by atoms with Gasteiger partial charge in [-0.1, -0.05) is 39.4 Å². The van der Waals surface area contributed by atoms with E-state index in [0.29, 0.717) is 19.6 Å². The van der Waals surface area contributed by atoms with Gasteiger partial charge in [-0.15, -0.1) is 0 Å². The summed E-state index contributed by atoms with van der Waals surface area (Å²) in [6, 6.07) is 13.7. The standard InChI is InChI=1S/C23H23BrN4O2S/c1-2-30-19-7-4-17(5-8-19)14-22(29)28(12-3-11-27-13-10-25-16-27)23-26-20-9-6-18(24)15-21(20)31-23/h4-10,13,15-16H,2-3,11-12,14H2,1H3. The summed E-state index contributed by atoms with van der Waals surface area (Å²) < 4.78 is 9.57. The molecule has 0 atom stereocenters. The summed E-state index contributed by atoms with van der Waals surface area (Å²) in [6.45, 7) is 3.96. The number of rotatable bonds is 9. The fourth-order valence-corrected chi connectivity index (χ4v) is 4.86. The van der Waals surface area contributed by atoms with Gasteiger partial charge in [0.1, 0.15) is 5.75 Å². The van der Waals surface area contributed by atoms with E-state index in [2.05, 4.69) is 20.9 Å². The maximum atomic E-state index is 13.3. The van der Waals surface area contributed by atoms with Crippen molar-refractivity contribution in [3.63, 3.8) is 0 Å². The van der Waals surface area contributed by atoms with Gasteiger partial charge in [0.25, 0.3) is 0 Å². The van der Waals surface area contributed by atoms with Crippen molar-refractivity contribution >= 4 is 48.5 Å². The minimum atomic E-state index is 0.0351. The molecule has 6 nitrogen and oxygen atoms in total. The molecule has 4 rings (SSSR count). The lowest BCUT2D eigenvalue weighted by Gasteiger charge is -2.20. The number of imidazole rings is 1. The third-order valence-corrected chi connectivity index (χ3v) is 6.35. The molecule has 2 aromatic carbocycles. The molecule has 0 spiro atoms. The van der Waals surface area contributed by atoms with E-state index in [1.165, 1.54) is 0 Å². The van der Waals surface area contributed by atoms with Crippen molar-refractivity contribution in [3.8, 4) is 5.75 Å². The smallest absolute Gasteiger partial charge is 0.233 e. The lowest BCUT2D eigenvalue weighted by molar-refractivity contribution is -0.118. The highest BCUT2D eigenvalue weighted by Crippen LogP contribution is 2.31. The van der Waals surface area contributed by atoms with Crippen LogP contribution in [-0.4, -0.2) is 33.6 Å². The average Bonchev–Trinajstić information content (AvgIpc) is 3.42. The van der Waals surface area contributed by atoms with Crippen molar-refractivity contribution in [1.82, 2.24) is 14.5 Å². The Balaban J connectivity index is 1.53. The first kappa shape index (κ1) is 21.5. The van der Waals surface area contributed by atoms with E-state index in [1.807, 2.05) is 65.1 Å². The van der Waals surface area contributed by atoms with Crippen LogP contribution in [-0.2, 0) is 17.8 Å². The monoisotopic (exact) mass is 498 g/mol. The van der Waals surface area contributed by atoms with Crippen LogP contribution in [0.15, 0.2) is 65.7 Å². The number of anilines is 1. The van der Waals surface area contributed by atoms with Gasteiger partial charge in [-0.3, -0.25) is 9.69 Å². The SMILES string of the molecule is CCOc1ccc(CC(=O)N(CCCn2ccnc2)c2nc3ccc(Br)cc3s2)cc1. The Morgan fingerprint density at radius 1 is 1.23 bits per heavy atom. The predicted octanol–water partition coefficient (Wildman–Crippen LogP) is 5.32. The zero-order chi connectivity index (χ0) is 21.6. The van der Waals surface area contributed by atoms with Crippen LogP contribution in [0.1, 0.15) is 18.9 Å². The van der Waals surface area contributed by atoms with Gasteiger partial charge in [0, 0.05) is 30.0 Å². The fraction of sp³-hybridized carbons (Fsp3) is 0.261. The minimum absolute atomic E-state index is 0.0351. The zero-order valence-corrected chi connectivity index (χ0v) is 19.6. The molecule has 0 saturated heterocycles. The van der Waals surface area contributed by atoms with Gasteiger partial charge in [0.15, 0.2) is 5.13 Å². The molecule has 4 aromatic rings. The number of hydrogen-bond donors (Lipinski definition) is 0. The first-order chi connectivity index (χ1) is 15.1. The van der Waals surface area contributed by atoms with Gasteiger partial charge in [-0.25, -0.2) is 9.97 Å². The van der Waals surface area contributed by atoms with E-state index in [-0.39, 0.29) is 5.91 Å². The summed E-state index contributed by atoms with van der Waals surface area (Å²) in [5.74, 6) is 0.848. The summed E-state index contributed by atoms with van der Waals surface area (Å²) in [5, 5.41) is 0.731. The van der Waals surface area contributed by atoms with E-state index in [4.69, 9.17) is 9.72 Å². The number of nitrogens with zero attached hydrogens (tertiary/aromatic N) is 4. The fourth-order valence-electron chi connectivity index (χ4n) is 3.30. The van der Waals surface area contributed by atoms with Gasteiger partial charge in [0.05, 0.1) is 29.6 Å². The normalized spacial score (nSPS) is 11.0. The molecule has 0 aliphatic rings. The van der Waals surface area contributed by atoms with E-state index in [0.717, 1.165) is 44.1 Å². The lowest BCUT2D eigenvalue weighted by atomic mass is 10.1. The number of aryl methyl sites for hydroxylation is 1. The molecule has 0 saturated carbocycles. The summed E-state index contributed by atoms with van der Waals surface area (Å²) in [4.78, 5) is 23.9. The molecule has 0 radical (unpaired) electrons. The van der Waals surface area contributed by atoms with Crippen molar-refractivity contribution < 1.29 is 9.53 Å². The van der Waals surface area contributed by atoms with Gasteiger partial charge < -0.3 is 9.30 Å². The number of carbonyl (C=O) groups is 1. The second kappa shape index (κ2) is 10.1. The van der Waals surface area contributed by atoms with Gasteiger partial charge in [0.2, 0.25) is 5.91 Å². The van der Waals surface area contributed by atoms with Crippen molar-refractivity contribution in [1.29, 1.82) is 0 Å². The minimum Gasteiger partial charge on any atom is -0.494 e. The molecule has 0 fully saturated rings. The molecule has 0 N–H and O–H groups in total. The van der Waals surface area contributed by atoms with Crippen LogP contribution in [0.4, 0.5) is 5.13 Å². The van der Waals surface area contributed by atoms with Crippen LogP contribution < -0.4 is 9.64 Å². The van der Waals surface area contributed by atoms with Crippen molar-refractivity contribution in [2.75, 3.05) is 18.1 Å². The lowest BCUT2D eigenvalue weighted by Crippen LogP contribution is -2.33. The van der Waals surface area contributed by atoms with E-state index in [1.54, 1.807) is 23.9 Å². The number of halogens is 1. The van der Waals surface area contributed by atoms with E-state index < -0.39 is 0 Å². The molecule has 2 heterocycles. The van der Waals surface area contributed by atoms with Crippen LogP contribution in [0.3, 0.4) is 0 Å². The molecule has 0 aliphatic carbocycles. The Bertz CT molecular complexity index is 1140. The van der Waals surface area contributed by atoms with E-state index in [9.17, 15) is 4.79 Å². The van der Waals surface area contributed by atoms with Crippen molar-refractivity contribution in [2.45, 2.75) is 26.3 Å². The quantitative estimate of drug-likeness (QED) is 0.313. The van der Waals surface area contributed by atoms with Crippen LogP contribution >= 0.6 is 27.3 Å². The van der Waals surface area contributed by atoms with E-state index >= 15 is 0 Å².